The molecule has 0 amide bonds. The number of nitrogens with zero attached hydrogens (tertiary/aromatic N) is 7. The summed E-state index contributed by atoms with van der Waals surface area (Å²) in [5, 5.41) is 3.13. The van der Waals surface area contributed by atoms with Gasteiger partial charge < -0.3 is 0 Å². The van der Waals surface area contributed by atoms with Crippen molar-refractivity contribution in [3.63, 3.8) is 0 Å². The molecule has 3 heterocycles. The van der Waals surface area contributed by atoms with E-state index in [-0.39, 0.29) is 21.5 Å². The second-order valence-corrected chi connectivity index (χ2v) is 11.2. The molecule has 1 aliphatic heterocycles. The first-order valence-corrected chi connectivity index (χ1v) is 13.7. The fourth-order valence-corrected chi connectivity index (χ4v) is 7.07. The van der Waals surface area contributed by atoms with Crippen molar-refractivity contribution in [2.24, 2.45) is 0 Å². The number of fused-ring (bicyclic) bond motifs is 1. The molecule has 0 radical (unpaired) electrons. The van der Waals surface area contributed by atoms with Crippen molar-refractivity contribution in [2.75, 3.05) is 68.4 Å². The summed E-state index contributed by atoms with van der Waals surface area (Å²) >= 11 is 2.30. The van der Waals surface area contributed by atoms with Crippen molar-refractivity contribution in [1.82, 2.24) is 19.9 Å². The Balaban J connectivity index is 2.14. The molecule has 1 saturated heterocycles. The number of alkyl halides is 2. The van der Waals surface area contributed by atoms with Gasteiger partial charge in [-0.3, -0.25) is 0 Å². The van der Waals surface area contributed by atoms with Crippen LogP contribution in [0.25, 0.3) is 11.0 Å². The number of hydrogen-bond donors (Lipinski definition) is 1. The van der Waals surface area contributed by atoms with Crippen LogP contribution in [0.3, 0.4) is 0 Å². The SMILES string of the molecule is CNc1nc(N(C)[I-]CCCI)c2nc(N(C)C)nc(N3CCCCC3)c2n1. The van der Waals surface area contributed by atoms with E-state index in [1.807, 2.05) is 26.0 Å². The second kappa shape index (κ2) is 10.2. The van der Waals surface area contributed by atoms with Crippen molar-refractivity contribution in [3.05, 3.63) is 0 Å². The van der Waals surface area contributed by atoms with Crippen molar-refractivity contribution in [3.8, 4) is 0 Å². The molecule has 28 heavy (non-hydrogen) atoms. The van der Waals surface area contributed by atoms with Gasteiger partial charge in [-0.2, -0.15) is 0 Å². The van der Waals surface area contributed by atoms with E-state index in [9.17, 15) is 0 Å². The minimum absolute atomic E-state index is 0.144. The van der Waals surface area contributed by atoms with Gasteiger partial charge in [0.05, 0.1) is 0 Å². The predicted octanol–water partition coefficient (Wildman–Crippen LogP) is -0.217. The van der Waals surface area contributed by atoms with E-state index in [2.05, 4.69) is 43.0 Å². The van der Waals surface area contributed by atoms with Gasteiger partial charge in [0.2, 0.25) is 0 Å². The van der Waals surface area contributed by atoms with Crippen LogP contribution in [0.15, 0.2) is 0 Å². The molecule has 0 spiro atoms. The molecule has 0 saturated carbocycles. The summed E-state index contributed by atoms with van der Waals surface area (Å²) in [6.07, 6.45) is 4.92. The van der Waals surface area contributed by atoms with Crippen LogP contribution < -0.4 is 39.7 Å². The van der Waals surface area contributed by atoms with Crippen LogP contribution in [0.4, 0.5) is 23.5 Å². The molecule has 0 atom stereocenters. The molecule has 0 bridgehead atoms. The van der Waals surface area contributed by atoms with Crippen molar-refractivity contribution >= 4 is 57.2 Å². The van der Waals surface area contributed by atoms with Gasteiger partial charge in [-0.05, 0) is 0 Å². The summed E-state index contributed by atoms with van der Waals surface area (Å²) in [6.45, 7) is 2.04. The molecule has 1 aliphatic rings. The van der Waals surface area contributed by atoms with E-state index < -0.39 is 0 Å². The molecule has 8 nitrogen and oxygen atoms in total. The Morgan fingerprint density at radius 1 is 1.04 bits per heavy atom. The van der Waals surface area contributed by atoms with Crippen LogP contribution in [0.1, 0.15) is 25.7 Å². The Kier molecular flexibility index (Phi) is 7.94. The summed E-state index contributed by atoms with van der Waals surface area (Å²) in [5.74, 6) is 3.20. The molecule has 0 aromatic carbocycles. The Bertz CT molecular complexity index is 795. The Morgan fingerprint density at radius 2 is 1.79 bits per heavy atom. The number of nitrogens with one attached hydrogen (secondary N) is 1. The molecular weight excluding hydrogens is 582 g/mol. The standard InChI is InChI=1S/C18H29I2N8/c1-21-17-22-14-13(15(24-17)27(4)20-10-8-9-19)23-18(26(2)3)25-16(14)28-11-6-5-7-12-28/h5-12H2,1-4H3,(H,21,22,24)/q-1. The van der Waals surface area contributed by atoms with Crippen molar-refractivity contribution in [2.45, 2.75) is 25.7 Å². The van der Waals surface area contributed by atoms with Crippen LogP contribution in [-0.2, 0) is 0 Å². The van der Waals surface area contributed by atoms with E-state index in [1.165, 1.54) is 34.5 Å². The third-order valence-corrected chi connectivity index (χ3v) is 8.09. The van der Waals surface area contributed by atoms with Crippen molar-refractivity contribution in [1.29, 1.82) is 0 Å². The average molecular weight is 611 g/mol. The number of rotatable bonds is 8. The molecule has 156 valence electrons. The molecule has 0 aliphatic carbocycles. The molecule has 3 rings (SSSR count). The van der Waals surface area contributed by atoms with Crippen LogP contribution >= 0.6 is 22.6 Å². The zero-order valence-electron chi connectivity index (χ0n) is 17.0. The monoisotopic (exact) mass is 611 g/mol. The topological polar surface area (TPSA) is 73.3 Å². The zero-order valence-corrected chi connectivity index (χ0v) is 21.4. The molecular formula is C18H29I2N8-. The molecule has 1 fully saturated rings. The predicted molar refractivity (Wildman–Crippen MR) is 122 cm³/mol. The number of halogens is 2. The van der Waals surface area contributed by atoms with E-state index in [0.717, 1.165) is 35.8 Å². The quantitative estimate of drug-likeness (QED) is 0.191. The van der Waals surface area contributed by atoms with Gasteiger partial charge in [-0.15, -0.1) is 0 Å². The molecule has 0 unspecified atom stereocenters. The summed E-state index contributed by atoms with van der Waals surface area (Å²) < 4.78 is 4.75. The third kappa shape index (κ3) is 4.97. The summed E-state index contributed by atoms with van der Waals surface area (Å²) in [5.41, 5.74) is 1.71. The first kappa shape index (κ1) is 21.8. The first-order chi connectivity index (χ1) is 13.5. The van der Waals surface area contributed by atoms with Crippen LogP contribution in [0.5, 0.6) is 0 Å². The number of anilines is 4. The zero-order chi connectivity index (χ0) is 20.1. The fraction of sp³-hybridized carbons (Fsp3) is 0.667. The van der Waals surface area contributed by atoms with Gasteiger partial charge >= 0.3 is 193 Å². The van der Waals surface area contributed by atoms with Crippen LogP contribution in [-0.4, -0.2) is 70.1 Å². The first-order valence-electron chi connectivity index (χ1n) is 9.64. The average Bonchev–Trinajstić information content (AvgIpc) is 2.72. The number of aromatic nitrogens is 4. The molecule has 1 N–H and O–H groups in total. The maximum atomic E-state index is 4.89. The molecule has 2 aromatic rings. The number of piperidine rings is 1. The van der Waals surface area contributed by atoms with Gasteiger partial charge in [0.25, 0.3) is 0 Å². The third-order valence-electron chi connectivity index (χ3n) is 4.60. The normalized spacial score (nSPS) is 14.5. The van der Waals surface area contributed by atoms with E-state index in [0.29, 0.717) is 11.9 Å². The van der Waals surface area contributed by atoms with E-state index in [4.69, 9.17) is 19.9 Å². The van der Waals surface area contributed by atoms with Crippen LogP contribution in [0, 0.1) is 0 Å². The molecule has 10 heteroatoms. The Hall–Kier alpha value is -0.920. The van der Waals surface area contributed by atoms with Gasteiger partial charge in [0, 0.05) is 0 Å². The summed E-state index contributed by atoms with van der Waals surface area (Å²) in [4.78, 5) is 23.7. The van der Waals surface area contributed by atoms with E-state index in [1.54, 1.807) is 0 Å². The van der Waals surface area contributed by atoms with Gasteiger partial charge in [0.15, 0.2) is 0 Å². The van der Waals surface area contributed by atoms with Crippen LogP contribution in [0.2, 0.25) is 0 Å². The van der Waals surface area contributed by atoms with E-state index >= 15 is 0 Å². The summed E-state index contributed by atoms with van der Waals surface area (Å²) in [7, 11) is 7.98. The Labute approximate surface area is 191 Å². The van der Waals surface area contributed by atoms with Gasteiger partial charge in [0.1, 0.15) is 0 Å². The summed E-state index contributed by atoms with van der Waals surface area (Å²) in [6, 6.07) is 0. The van der Waals surface area contributed by atoms with Gasteiger partial charge in [-0.25, -0.2) is 0 Å². The Morgan fingerprint density at radius 3 is 2.43 bits per heavy atom. The fourth-order valence-electron chi connectivity index (χ4n) is 3.12. The molecule has 2 aromatic heterocycles. The van der Waals surface area contributed by atoms with Gasteiger partial charge in [-0.1, -0.05) is 0 Å². The minimum atomic E-state index is -0.144. The maximum absolute atomic E-state index is 4.89. The van der Waals surface area contributed by atoms with Crippen molar-refractivity contribution < 1.29 is 21.5 Å². The number of hydrogen-bond acceptors (Lipinski definition) is 8. The second-order valence-electron chi connectivity index (χ2n) is 6.94.